The van der Waals surface area contributed by atoms with Gasteiger partial charge >= 0.3 is 0 Å². The normalized spacial score (nSPS) is 11.2. The molecule has 3 aromatic rings. The Bertz CT molecular complexity index is 827. The number of rotatable bonds is 4. The van der Waals surface area contributed by atoms with Crippen LogP contribution in [-0.4, -0.2) is 29.9 Å². The Balaban J connectivity index is 1.87. The number of pyridine rings is 1. The lowest BCUT2D eigenvalue weighted by atomic mass is 10.1. The Hall–Kier alpha value is -3.14. The van der Waals surface area contributed by atoms with Crippen LogP contribution in [0, 0.1) is 0 Å². The van der Waals surface area contributed by atoms with Gasteiger partial charge in [0.1, 0.15) is 5.82 Å². The number of guanidine groups is 1. The minimum atomic E-state index is 0.749. The van der Waals surface area contributed by atoms with Gasteiger partial charge in [0.15, 0.2) is 0 Å². The number of aromatic nitrogens is 1. The number of nitrogens with one attached hydrogen (secondary N) is 1. The maximum Gasteiger partial charge on any atom is 0.204 e. The molecule has 0 saturated heterocycles. The molecule has 0 aliphatic heterocycles. The molecule has 4 nitrogen and oxygen atoms in total. The molecular formula is C21H22N4. The van der Waals surface area contributed by atoms with E-state index in [-0.39, 0.29) is 0 Å². The highest BCUT2D eigenvalue weighted by atomic mass is 15.3. The van der Waals surface area contributed by atoms with E-state index in [0.29, 0.717) is 0 Å². The standard InChI is InChI=1S/C21H22N4/c1-25(2)21(23-19-13-7-4-8-14-19)24-20-18(12-9-15-22-20)16-17-10-5-3-6-11-17/h3-15H,16H2,1-2H3,(H,22,23,24). The number of anilines is 1. The molecule has 126 valence electrons. The zero-order valence-electron chi connectivity index (χ0n) is 14.6. The molecule has 0 amide bonds. The SMILES string of the molecule is CN(C)C(=Nc1ccccc1)Nc1ncccc1Cc1ccccc1. The number of nitrogens with zero attached hydrogens (tertiary/aromatic N) is 3. The third kappa shape index (κ3) is 4.67. The Labute approximate surface area is 148 Å². The van der Waals surface area contributed by atoms with E-state index in [1.54, 1.807) is 6.20 Å². The minimum Gasteiger partial charge on any atom is -0.348 e. The van der Waals surface area contributed by atoms with Crippen molar-refractivity contribution in [3.05, 3.63) is 90.1 Å². The lowest BCUT2D eigenvalue weighted by Crippen LogP contribution is -2.30. The quantitative estimate of drug-likeness (QED) is 0.572. The van der Waals surface area contributed by atoms with Crippen LogP contribution >= 0.6 is 0 Å². The van der Waals surface area contributed by atoms with Crippen molar-refractivity contribution in [1.82, 2.24) is 9.88 Å². The van der Waals surface area contributed by atoms with Gasteiger partial charge in [0, 0.05) is 26.7 Å². The Kier molecular flexibility index (Phi) is 5.42. The van der Waals surface area contributed by atoms with Crippen LogP contribution < -0.4 is 5.32 Å². The third-order valence-electron chi connectivity index (χ3n) is 3.77. The highest BCUT2D eigenvalue weighted by Crippen LogP contribution is 2.18. The predicted octanol–water partition coefficient (Wildman–Crippen LogP) is 4.33. The average molecular weight is 330 g/mol. The lowest BCUT2D eigenvalue weighted by molar-refractivity contribution is 0.620. The molecule has 4 heteroatoms. The van der Waals surface area contributed by atoms with E-state index in [2.05, 4.69) is 40.6 Å². The predicted molar refractivity (Wildman–Crippen MR) is 104 cm³/mol. The van der Waals surface area contributed by atoms with Gasteiger partial charge in [-0.1, -0.05) is 54.6 Å². The maximum absolute atomic E-state index is 4.69. The highest BCUT2D eigenvalue weighted by Gasteiger charge is 2.09. The van der Waals surface area contributed by atoms with Gasteiger partial charge in [-0.25, -0.2) is 9.98 Å². The summed E-state index contributed by atoms with van der Waals surface area (Å²) in [5.41, 5.74) is 3.29. The van der Waals surface area contributed by atoms with Crippen molar-refractivity contribution in [2.75, 3.05) is 19.4 Å². The summed E-state index contributed by atoms with van der Waals surface area (Å²) in [6.45, 7) is 0. The molecular weight excluding hydrogens is 308 g/mol. The van der Waals surface area contributed by atoms with Gasteiger partial charge in [-0.15, -0.1) is 0 Å². The van der Waals surface area contributed by atoms with Crippen LogP contribution in [0.15, 0.2) is 84.0 Å². The summed E-state index contributed by atoms with van der Waals surface area (Å²) in [5, 5.41) is 3.38. The fraction of sp³-hybridized carbons (Fsp3) is 0.143. The van der Waals surface area contributed by atoms with Crippen LogP contribution in [0.4, 0.5) is 11.5 Å². The van der Waals surface area contributed by atoms with Gasteiger partial charge in [0.05, 0.1) is 5.69 Å². The molecule has 1 N–H and O–H groups in total. The summed E-state index contributed by atoms with van der Waals surface area (Å²) in [7, 11) is 3.93. The van der Waals surface area contributed by atoms with Crippen molar-refractivity contribution in [2.45, 2.75) is 6.42 Å². The first-order chi connectivity index (χ1) is 12.2. The van der Waals surface area contributed by atoms with Crippen molar-refractivity contribution >= 4 is 17.5 Å². The first-order valence-electron chi connectivity index (χ1n) is 8.28. The molecule has 3 rings (SSSR count). The summed E-state index contributed by atoms with van der Waals surface area (Å²) < 4.78 is 0. The fourth-order valence-electron chi connectivity index (χ4n) is 2.48. The van der Waals surface area contributed by atoms with Gasteiger partial charge in [0.25, 0.3) is 0 Å². The second-order valence-electron chi connectivity index (χ2n) is 5.96. The molecule has 0 saturated carbocycles. The van der Waals surface area contributed by atoms with E-state index in [0.717, 1.165) is 29.4 Å². The number of benzene rings is 2. The first kappa shape index (κ1) is 16.7. The third-order valence-corrected chi connectivity index (χ3v) is 3.77. The van der Waals surface area contributed by atoms with E-state index >= 15 is 0 Å². The summed E-state index contributed by atoms with van der Waals surface area (Å²) >= 11 is 0. The van der Waals surface area contributed by atoms with E-state index < -0.39 is 0 Å². The summed E-state index contributed by atoms with van der Waals surface area (Å²) in [6.07, 6.45) is 2.62. The molecule has 2 aromatic carbocycles. The molecule has 0 atom stereocenters. The second kappa shape index (κ2) is 8.11. The van der Waals surface area contributed by atoms with E-state index in [9.17, 15) is 0 Å². The topological polar surface area (TPSA) is 40.5 Å². The van der Waals surface area contributed by atoms with Crippen LogP contribution in [0.3, 0.4) is 0 Å². The van der Waals surface area contributed by atoms with Gasteiger partial charge in [-0.05, 0) is 29.3 Å². The van der Waals surface area contributed by atoms with E-state index in [1.165, 1.54) is 5.56 Å². The van der Waals surface area contributed by atoms with Crippen molar-refractivity contribution in [3.8, 4) is 0 Å². The monoisotopic (exact) mass is 330 g/mol. The van der Waals surface area contributed by atoms with Gasteiger partial charge in [-0.3, -0.25) is 0 Å². The molecule has 0 unspecified atom stereocenters. The van der Waals surface area contributed by atoms with E-state index in [4.69, 9.17) is 4.99 Å². The molecule has 1 heterocycles. The molecule has 1 aromatic heterocycles. The zero-order valence-corrected chi connectivity index (χ0v) is 14.6. The lowest BCUT2D eigenvalue weighted by Gasteiger charge is -2.19. The Morgan fingerprint density at radius 2 is 1.60 bits per heavy atom. The van der Waals surface area contributed by atoms with Crippen molar-refractivity contribution < 1.29 is 0 Å². The number of para-hydroxylation sites is 1. The largest absolute Gasteiger partial charge is 0.348 e. The molecule has 0 radical (unpaired) electrons. The van der Waals surface area contributed by atoms with Crippen LogP contribution in [-0.2, 0) is 6.42 Å². The number of hydrogen-bond donors (Lipinski definition) is 1. The summed E-state index contributed by atoms with van der Waals surface area (Å²) in [5.74, 6) is 1.58. The van der Waals surface area contributed by atoms with Crippen LogP contribution in [0.1, 0.15) is 11.1 Å². The van der Waals surface area contributed by atoms with Gasteiger partial charge in [-0.2, -0.15) is 0 Å². The molecule has 25 heavy (non-hydrogen) atoms. The van der Waals surface area contributed by atoms with Crippen molar-refractivity contribution in [2.24, 2.45) is 4.99 Å². The van der Waals surface area contributed by atoms with Gasteiger partial charge < -0.3 is 10.2 Å². The molecule has 0 aliphatic rings. The van der Waals surface area contributed by atoms with E-state index in [1.807, 2.05) is 61.5 Å². The minimum absolute atomic E-state index is 0.749. The zero-order chi connectivity index (χ0) is 17.5. The average Bonchev–Trinajstić information content (AvgIpc) is 2.64. The van der Waals surface area contributed by atoms with Crippen molar-refractivity contribution in [1.29, 1.82) is 0 Å². The number of aliphatic imine (C=N–C) groups is 1. The molecule has 0 fully saturated rings. The van der Waals surface area contributed by atoms with Crippen LogP contribution in [0.2, 0.25) is 0 Å². The van der Waals surface area contributed by atoms with Crippen molar-refractivity contribution in [3.63, 3.8) is 0 Å². The molecule has 0 spiro atoms. The van der Waals surface area contributed by atoms with Crippen LogP contribution in [0.5, 0.6) is 0 Å². The molecule has 0 bridgehead atoms. The Morgan fingerprint density at radius 1 is 0.920 bits per heavy atom. The molecule has 0 aliphatic carbocycles. The Morgan fingerprint density at radius 3 is 2.28 bits per heavy atom. The highest BCUT2D eigenvalue weighted by molar-refractivity contribution is 5.94. The summed E-state index contributed by atoms with van der Waals surface area (Å²) in [6, 6.07) is 24.4. The van der Waals surface area contributed by atoms with Gasteiger partial charge in [0.2, 0.25) is 5.96 Å². The maximum atomic E-state index is 4.69. The fourth-order valence-corrected chi connectivity index (χ4v) is 2.48. The number of hydrogen-bond acceptors (Lipinski definition) is 2. The second-order valence-corrected chi connectivity index (χ2v) is 5.96. The van der Waals surface area contributed by atoms with Crippen LogP contribution in [0.25, 0.3) is 0 Å². The first-order valence-corrected chi connectivity index (χ1v) is 8.28. The summed E-state index contributed by atoms with van der Waals surface area (Å²) in [4.78, 5) is 11.2. The smallest absolute Gasteiger partial charge is 0.204 e.